The summed E-state index contributed by atoms with van der Waals surface area (Å²) in [6.07, 6.45) is 0. The highest BCUT2D eigenvalue weighted by molar-refractivity contribution is 8.07. The molecule has 3 atom stereocenters. The standard InChI is InChI=1S/C17H22N2S2/c1-11-4-5-13-10-14(6-7-15(13)19-11)16(18-3)17-12(2)20-8-9-21-17/h4-7,10,12,16-18H,8-9H2,1-3H3. The maximum absolute atomic E-state index is 4.60. The van der Waals surface area contributed by atoms with Crippen molar-refractivity contribution in [3.63, 3.8) is 0 Å². The number of pyridine rings is 1. The fraction of sp³-hybridized carbons (Fsp3) is 0.471. The quantitative estimate of drug-likeness (QED) is 0.923. The van der Waals surface area contributed by atoms with E-state index in [1.54, 1.807) is 0 Å². The molecule has 1 aliphatic heterocycles. The van der Waals surface area contributed by atoms with E-state index < -0.39 is 0 Å². The van der Waals surface area contributed by atoms with Crippen LogP contribution in [0.1, 0.15) is 24.2 Å². The zero-order valence-electron chi connectivity index (χ0n) is 12.8. The largest absolute Gasteiger partial charge is 0.312 e. The lowest BCUT2D eigenvalue weighted by Crippen LogP contribution is -2.36. The monoisotopic (exact) mass is 318 g/mol. The number of fused-ring (bicyclic) bond motifs is 1. The highest BCUT2D eigenvalue weighted by atomic mass is 32.2. The number of nitrogens with one attached hydrogen (secondary N) is 1. The van der Waals surface area contributed by atoms with Crippen LogP contribution in [0, 0.1) is 6.92 Å². The van der Waals surface area contributed by atoms with Gasteiger partial charge < -0.3 is 5.32 Å². The third-order valence-corrected chi connectivity index (χ3v) is 7.28. The molecule has 2 heterocycles. The van der Waals surface area contributed by atoms with Crippen LogP contribution in [0.3, 0.4) is 0 Å². The third kappa shape index (κ3) is 3.22. The first kappa shape index (κ1) is 15.2. The summed E-state index contributed by atoms with van der Waals surface area (Å²) >= 11 is 4.20. The van der Waals surface area contributed by atoms with Crippen molar-refractivity contribution in [2.75, 3.05) is 18.6 Å². The molecule has 4 heteroatoms. The summed E-state index contributed by atoms with van der Waals surface area (Å²) in [6, 6.07) is 11.4. The van der Waals surface area contributed by atoms with Gasteiger partial charge in [0.15, 0.2) is 0 Å². The average Bonchev–Trinajstić information content (AvgIpc) is 2.50. The SMILES string of the molecule is CNC(c1ccc2nc(C)ccc2c1)C1SCCSC1C. The van der Waals surface area contributed by atoms with E-state index in [0.29, 0.717) is 16.5 Å². The maximum atomic E-state index is 4.60. The molecular weight excluding hydrogens is 296 g/mol. The lowest BCUT2D eigenvalue weighted by molar-refractivity contribution is 0.561. The van der Waals surface area contributed by atoms with Gasteiger partial charge in [-0.3, -0.25) is 4.98 Å². The molecule has 0 spiro atoms. The van der Waals surface area contributed by atoms with Gasteiger partial charge in [-0.1, -0.05) is 19.1 Å². The first-order chi connectivity index (χ1) is 10.2. The Morgan fingerprint density at radius 1 is 1.19 bits per heavy atom. The fourth-order valence-corrected chi connectivity index (χ4v) is 5.96. The summed E-state index contributed by atoms with van der Waals surface area (Å²) in [4.78, 5) is 4.60. The number of aryl methyl sites for hydroxylation is 1. The summed E-state index contributed by atoms with van der Waals surface area (Å²) in [7, 11) is 2.08. The molecule has 0 aliphatic carbocycles. The Bertz CT molecular complexity index is 629. The topological polar surface area (TPSA) is 24.9 Å². The van der Waals surface area contributed by atoms with E-state index in [1.807, 2.05) is 6.92 Å². The van der Waals surface area contributed by atoms with E-state index in [4.69, 9.17) is 0 Å². The average molecular weight is 319 g/mol. The summed E-state index contributed by atoms with van der Waals surface area (Å²) in [6.45, 7) is 4.40. The van der Waals surface area contributed by atoms with Crippen molar-refractivity contribution in [2.24, 2.45) is 0 Å². The van der Waals surface area contributed by atoms with Crippen molar-refractivity contribution in [2.45, 2.75) is 30.4 Å². The fourth-order valence-electron chi connectivity index (χ4n) is 2.98. The van der Waals surface area contributed by atoms with Crippen molar-refractivity contribution in [1.29, 1.82) is 0 Å². The van der Waals surface area contributed by atoms with Gasteiger partial charge in [-0.05, 0) is 37.7 Å². The summed E-state index contributed by atoms with van der Waals surface area (Å²) in [5.41, 5.74) is 3.54. The van der Waals surface area contributed by atoms with Gasteiger partial charge in [0.25, 0.3) is 0 Å². The number of benzene rings is 1. The number of thioether (sulfide) groups is 2. The van der Waals surface area contributed by atoms with E-state index in [2.05, 4.69) is 78.1 Å². The minimum absolute atomic E-state index is 0.406. The third-order valence-electron chi connectivity index (χ3n) is 4.09. The molecule has 0 saturated carbocycles. The molecule has 1 aromatic heterocycles. The van der Waals surface area contributed by atoms with Crippen molar-refractivity contribution in [1.82, 2.24) is 10.3 Å². The van der Waals surface area contributed by atoms with Gasteiger partial charge in [-0.25, -0.2) is 0 Å². The molecule has 21 heavy (non-hydrogen) atoms. The van der Waals surface area contributed by atoms with Crippen LogP contribution in [-0.4, -0.2) is 34.0 Å². The van der Waals surface area contributed by atoms with E-state index in [9.17, 15) is 0 Å². The Labute approximate surface area is 135 Å². The van der Waals surface area contributed by atoms with Crippen LogP contribution in [0.4, 0.5) is 0 Å². The maximum Gasteiger partial charge on any atom is 0.0705 e. The molecule has 3 rings (SSSR count). The Kier molecular flexibility index (Phi) is 4.77. The van der Waals surface area contributed by atoms with Gasteiger partial charge in [0.05, 0.1) is 5.52 Å². The molecule has 0 bridgehead atoms. The predicted molar refractivity (Wildman–Crippen MR) is 96.4 cm³/mol. The van der Waals surface area contributed by atoms with Gasteiger partial charge in [-0.2, -0.15) is 23.5 Å². The van der Waals surface area contributed by atoms with E-state index >= 15 is 0 Å². The smallest absolute Gasteiger partial charge is 0.0705 e. The molecular formula is C17H22N2S2. The molecule has 2 aromatic rings. The van der Waals surface area contributed by atoms with Gasteiger partial charge in [0, 0.05) is 39.1 Å². The Balaban J connectivity index is 1.94. The molecule has 1 aromatic carbocycles. The molecule has 1 N–H and O–H groups in total. The first-order valence-corrected chi connectivity index (χ1v) is 9.56. The zero-order valence-corrected chi connectivity index (χ0v) is 14.4. The molecule has 3 unspecified atom stereocenters. The number of hydrogen-bond acceptors (Lipinski definition) is 4. The summed E-state index contributed by atoms with van der Waals surface area (Å²) in [5.74, 6) is 2.53. The van der Waals surface area contributed by atoms with E-state index in [-0.39, 0.29) is 0 Å². The minimum atomic E-state index is 0.406. The van der Waals surface area contributed by atoms with Crippen LogP contribution >= 0.6 is 23.5 Å². The molecule has 112 valence electrons. The minimum Gasteiger partial charge on any atom is -0.312 e. The van der Waals surface area contributed by atoms with Gasteiger partial charge in [0.1, 0.15) is 0 Å². The molecule has 0 amide bonds. The number of rotatable bonds is 3. The van der Waals surface area contributed by atoms with Crippen LogP contribution in [0.15, 0.2) is 30.3 Å². The van der Waals surface area contributed by atoms with Crippen LogP contribution in [0.5, 0.6) is 0 Å². The lowest BCUT2D eigenvalue weighted by Gasteiger charge is -2.34. The van der Waals surface area contributed by atoms with Crippen LogP contribution in [0.25, 0.3) is 10.9 Å². The molecule has 1 aliphatic rings. The highest BCUT2D eigenvalue weighted by Crippen LogP contribution is 2.38. The lowest BCUT2D eigenvalue weighted by atomic mass is 9.99. The van der Waals surface area contributed by atoms with E-state index in [0.717, 1.165) is 11.2 Å². The zero-order chi connectivity index (χ0) is 14.8. The number of hydrogen-bond donors (Lipinski definition) is 1. The molecule has 0 radical (unpaired) electrons. The van der Waals surface area contributed by atoms with Crippen LogP contribution < -0.4 is 5.32 Å². The van der Waals surface area contributed by atoms with Crippen molar-refractivity contribution in [3.05, 3.63) is 41.6 Å². The van der Waals surface area contributed by atoms with Gasteiger partial charge in [0.2, 0.25) is 0 Å². The highest BCUT2D eigenvalue weighted by Gasteiger charge is 2.30. The van der Waals surface area contributed by atoms with Crippen LogP contribution in [-0.2, 0) is 0 Å². The van der Waals surface area contributed by atoms with Gasteiger partial charge in [-0.15, -0.1) is 0 Å². The van der Waals surface area contributed by atoms with E-state index in [1.165, 1.54) is 22.5 Å². The normalized spacial score (nSPS) is 24.1. The Morgan fingerprint density at radius 3 is 2.76 bits per heavy atom. The molecule has 1 saturated heterocycles. The summed E-state index contributed by atoms with van der Waals surface area (Å²) in [5, 5.41) is 6.09. The second-order valence-electron chi connectivity index (χ2n) is 5.58. The van der Waals surface area contributed by atoms with Crippen LogP contribution in [0.2, 0.25) is 0 Å². The molecule has 1 fully saturated rings. The second kappa shape index (κ2) is 6.59. The van der Waals surface area contributed by atoms with Gasteiger partial charge >= 0.3 is 0 Å². The summed E-state index contributed by atoms with van der Waals surface area (Å²) < 4.78 is 0. The number of aromatic nitrogens is 1. The first-order valence-electron chi connectivity index (χ1n) is 7.47. The second-order valence-corrected chi connectivity index (χ2v) is 8.35. The Morgan fingerprint density at radius 2 is 2.00 bits per heavy atom. The van der Waals surface area contributed by atoms with Crippen molar-refractivity contribution >= 4 is 34.4 Å². The molecule has 2 nitrogen and oxygen atoms in total. The van der Waals surface area contributed by atoms with Crippen molar-refractivity contribution < 1.29 is 0 Å². The number of nitrogens with zero attached hydrogens (tertiary/aromatic N) is 1. The Hall–Kier alpha value is -0.710. The predicted octanol–water partition coefficient (Wildman–Crippen LogP) is 4.04. The van der Waals surface area contributed by atoms with Crippen molar-refractivity contribution in [3.8, 4) is 0 Å².